The van der Waals surface area contributed by atoms with Crippen molar-refractivity contribution in [2.45, 2.75) is 38.8 Å². The lowest BCUT2D eigenvalue weighted by Crippen LogP contribution is -2.43. The summed E-state index contributed by atoms with van der Waals surface area (Å²) in [5.41, 5.74) is 1.43. The van der Waals surface area contributed by atoms with Crippen LogP contribution in [-0.4, -0.2) is 46.8 Å². The molecule has 7 heteroatoms. The van der Waals surface area contributed by atoms with Crippen molar-refractivity contribution in [2.75, 3.05) is 25.0 Å². The van der Waals surface area contributed by atoms with Crippen LogP contribution in [-0.2, 0) is 0 Å². The quantitative estimate of drug-likeness (QED) is 0.841. The zero-order valence-electron chi connectivity index (χ0n) is 14.9. The third kappa shape index (κ3) is 3.76. The largest absolute Gasteiger partial charge is 0.371 e. The Hall–Kier alpha value is -2.15. The lowest BCUT2D eigenvalue weighted by atomic mass is 10.1. The van der Waals surface area contributed by atoms with Crippen molar-refractivity contribution in [3.63, 3.8) is 0 Å². The Kier molecular flexibility index (Phi) is 5.22. The van der Waals surface area contributed by atoms with Gasteiger partial charge in [0.05, 0.1) is 23.5 Å². The first-order valence-corrected chi connectivity index (χ1v) is 9.55. The molecule has 25 heavy (non-hydrogen) atoms. The second kappa shape index (κ2) is 7.39. The number of carbonyl (C=O) groups excluding carboxylic acids is 1. The van der Waals surface area contributed by atoms with Crippen LogP contribution in [0.25, 0.3) is 0 Å². The van der Waals surface area contributed by atoms with Crippen LogP contribution >= 0.6 is 11.3 Å². The van der Waals surface area contributed by atoms with Crippen LogP contribution in [0.2, 0.25) is 0 Å². The second-order valence-corrected chi connectivity index (χ2v) is 7.54. The Morgan fingerprint density at radius 2 is 2.24 bits per heavy atom. The van der Waals surface area contributed by atoms with Gasteiger partial charge in [-0.05, 0) is 38.1 Å². The highest BCUT2D eigenvalue weighted by Crippen LogP contribution is 2.22. The lowest BCUT2D eigenvalue weighted by Gasteiger charge is -2.33. The summed E-state index contributed by atoms with van der Waals surface area (Å²) in [5, 5.41) is 8.16. The normalized spacial score (nSPS) is 17.8. The summed E-state index contributed by atoms with van der Waals surface area (Å²) in [5.74, 6) is 0.0372. The molecule has 0 unspecified atom stereocenters. The summed E-state index contributed by atoms with van der Waals surface area (Å²) >= 11 is 1.52. The highest BCUT2D eigenvalue weighted by molar-refractivity contribution is 7.08. The zero-order chi connectivity index (χ0) is 18.0. The first-order valence-electron chi connectivity index (χ1n) is 8.60. The molecular weight excluding hydrogens is 336 g/mol. The molecule has 0 saturated carbocycles. The molecular formula is C18H24N4O2S. The summed E-state index contributed by atoms with van der Waals surface area (Å²) in [6, 6.07) is 3.71. The number of thiophene rings is 1. The van der Waals surface area contributed by atoms with E-state index in [1.807, 2.05) is 33.7 Å². The number of likely N-dealkylation sites (tertiary alicyclic amines) is 1. The van der Waals surface area contributed by atoms with Gasteiger partial charge in [-0.1, -0.05) is 0 Å². The minimum atomic E-state index is -0.111. The molecule has 0 aliphatic carbocycles. The maximum atomic E-state index is 12.6. The lowest BCUT2D eigenvalue weighted by molar-refractivity contribution is 0.0670. The van der Waals surface area contributed by atoms with Gasteiger partial charge in [-0.2, -0.15) is 16.4 Å². The standard InChI is InChI=1S/C18H24N4O2S/c1-13(2)20(3)16-9-17(23)22(19-10-16)15-5-4-7-21(11-15)18(24)14-6-8-25-12-14/h6,8-10,12-13,15H,4-5,7,11H2,1-3H3/t15-/m0/s1. The van der Waals surface area contributed by atoms with Crippen LogP contribution < -0.4 is 10.5 Å². The van der Waals surface area contributed by atoms with Gasteiger partial charge < -0.3 is 9.80 Å². The summed E-state index contributed by atoms with van der Waals surface area (Å²) < 4.78 is 1.53. The van der Waals surface area contributed by atoms with Crippen molar-refractivity contribution in [3.05, 3.63) is 45.0 Å². The van der Waals surface area contributed by atoms with Gasteiger partial charge in [0, 0.05) is 37.6 Å². The number of hydrogen-bond acceptors (Lipinski definition) is 5. The van der Waals surface area contributed by atoms with Gasteiger partial charge in [0.15, 0.2) is 0 Å². The van der Waals surface area contributed by atoms with Crippen LogP contribution in [0, 0.1) is 0 Å². The molecule has 6 nitrogen and oxygen atoms in total. The van der Waals surface area contributed by atoms with Crippen molar-refractivity contribution in [2.24, 2.45) is 0 Å². The van der Waals surface area contributed by atoms with E-state index in [0.717, 1.165) is 30.6 Å². The van der Waals surface area contributed by atoms with Crippen molar-refractivity contribution in [1.82, 2.24) is 14.7 Å². The van der Waals surface area contributed by atoms with Crippen LogP contribution in [0.3, 0.4) is 0 Å². The topological polar surface area (TPSA) is 58.4 Å². The fourth-order valence-corrected chi connectivity index (χ4v) is 3.71. The smallest absolute Gasteiger partial charge is 0.269 e. The molecule has 1 saturated heterocycles. The molecule has 0 aromatic carbocycles. The highest BCUT2D eigenvalue weighted by Gasteiger charge is 2.27. The van der Waals surface area contributed by atoms with Gasteiger partial charge in [-0.3, -0.25) is 9.59 Å². The van der Waals surface area contributed by atoms with E-state index in [4.69, 9.17) is 0 Å². The van der Waals surface area contributed by atoms with Gasteiger partial charge in [-0.25, -0.2) is 4.68 Å². The molecule has 2 aromatic rings. The van der Waals surface area contributed by atoms with E-state index in [0.29, 0.717) is 12.6 Å². The monoisotopic (exact) mass is 360 g/mol. The predicted molar refractivity (Wildman–Crippen MR) is 101 cm³/mol. The number of amides is 1. The van der Waals surface area contributed by atoms with E-state index in [9.17, 15) is 9.59 Å². The maximum absolute atomic E-state index is 12.6. The molecule has 2 aromatic heterocycles. The number of anilines is 1. The number of nitrogens with zero attached hydrogens (tertiary/aromatic N) is 4. The minimum absolute atomic E-state index is 0.0372. The van der Waals surface area contributed by atoms with E-state index >= 15 is 0 Å². The summed E-state index contributed by atoms with van der Waals surface area (Å²) in [6.45, 7) is 5.40. The second-order valence-electron chi connectivity index (χ2n) is 6.76. The Labute approximate surface area is 151 Å². The van der Waals surface area contributed by atoms with E-state index in [1.54, 1.807) is 12.3 Å². The first-order chi connectivity index (χ1) is 12.0. The molecule has 1 amide bonds. The molecule has 1 fully saturated rings. The summed E-state index contributed by atoms with van der Waals surface area (Å²) in [6.07, 6.45) is 3.48. The average Bonchev–Trinajstić information content (AvgIpc) is 3.15. The van der Waals surface area contributed by atoms with E-state index in [-0.39, 0.29) is 17.5 Å². The fourth-order valence-electron chi connectivity index (χ4n) is 3.08. The Morgan fingerprint density at radius 3 is 2.88 bits per heavy atom. The molecule has 1 aliphatic rings. The summed E-state index contributed by atoms with van der Waals surface area (Å²) in [7, 11) is 1.95. The fraction of sp³-hybridized carbons (Fsp3) is 0.500. The molecule has 134 valence electrons. The Bertz CT molecular complexity index is 785. The average molecular weight is 360 g/mol. The van der Waals surface area contributed by atoms with E-state index in [1.165, 1.54) is 16.0 Å². The molecule has 0 bridgehead atoms. The third-order valence-electron chi connectivity index (χ3n) is 4.79. The van der Waals surface area contributed by atoms with Crippen molar-refractivity contribution in [3.8, 4) is 0 Å². The molecule has 0 N–H and O–H groups in total. The molecule has 1 atom stereocenters. The van der Waals surface area contributed by atoms with Crippen LogP contribution in [0.4, 0.5) is 5.69 Å². The zero-order valence-corrected chi connectivity index (χ0v) is 15.7. The molecule has 0 spiro atoms. The number of aromatic nitrogens is 2. The summed E-state index contributed by atoms with van der Waals surface area (Å²) in [4.78, 5) is 29.0. The first kappa shape index (κ1) is 17.7. The molecule has 1 aliphatic heterocycles. The Balaban J connectivity index is 1.77. The van der Waals surface area contributed by atoms with E-state index < -0.39 is 0 Å². The molecule has 3 heterocycles. The minimum Gasteiger partial charge on any atom is -0.371 e. The molecule has 0 radical (unpaired) electrons. The van der Waals surface area contributed by atoms with Gasteiger partial charge in [0.25, 0.3) is 11.5 Å². The number of rotatable bonds is 4. The van der Waals surface area contributed by atoms with Gasteiger partial charge in [-0.15, -0.1) is 0 Å². The van der Waals surface area contributed by atoms with Crippen molar-refractivity contribution < 1.29 is 4.79 Å². The third-order valence-corrected chi connectivity index (χ3v) is 5.47. The van der Waals surface area contributed by atoms with E-state index in [2.05, 4.69) is 18.9 Å². The number of hydrogen-bond donors (Lipinski definition) is 0. The van der Waals surface area contributed by atoms with Gasteiger partial charge in [0.2, 0.25) is 0 Å². The van der Waals surface area contributed by atoms with Crippen LogP contribution in [0.15, 0.2) is 33.9 Å². The highest BCUT2D eigenvalue weighted by atomic mass is 32.1. The molecule has 3 rings (SSSR count). The van der Waals surface area contributed by atoms with Crippen molar-refractivity contribution in [1.29, 1.82) is 0 Å². The number of carbonyl (C=O) groups is 1. The number of piperidine rings is 1. The Morgan fingerprint density at radius 1 is 1.44 bits per heavy atom. The predicted octanol–water partition coefficient (Wildman–Crippen LogP) is 2.63. The SMILES string of the molecule is CC(C)N(C)c1cnn([C@H]2CCCN(C(=O)c3ccsc3)C2)c(=O)c1. The van der Waals surface area contributed by atoms with Gasteiger partial charge >= 0.3 is 0 Å². The van der Waals surface area contributed by atoms with Crippen LogP contribution in [0.5, 0.6) is 0 Å². The maximum Gasteiger partial charge on any atom is 0.269 e. The van der Waals surface area contributed by atoms with Crippen molar-refractivity contribution >= 4 is 22.9 Å². The van der Waals surface area contributed by atoms with Crippen LogP contribution in [0.1, 0.15) is 43.1 Å². The van der Waals surface area contributed by atoms with Gasteiger partial charge in [0.1, 0.15) is 0 Å².